The van der Waals surface area contributed by atoms with Crippen LogP contribution in [0.1, 0.15) is 18.9 Å². The molecule has 3 N–H and O–H groups in total. The van der Waals surface area contributed by atoms with Crippen LogP contribution in [0.2, 0.25) is 0 Å². The Kier molecular flexibility index (Phi) is 4.43. The van der Waals surface area contributed by atoms with Crippen LogP contribution in [0, 0.1) is 0 Å². The number of aromatic nitrogens is 3. The highest BCUT2D eigenvalue weighted by molar-refractivity contribution is 9.10. The molecule has 0 aliphatic carbocycles. The number of hydrogen-bond donors (Lipinski definition) is 3. The smallest absolute Gasteiger partial charge is 0.326 e. The molecule has 0 radical (unpaired) electrons. The number of nitrogens with one attached hydrogen (secondary N) is 3. The average molecular weight is 454 g/mol. The number of carbonyl (C=O) groups excluding carboxylic acids is 1. The van der Waals surface area contributed by atoms with Gasteiger partial charge < -0.3 is 20.2 Å². The van der Waals surface area contributed by atoms with Gasteiger partial charge in [-0.3, -0.25) is 4.57 Å². The molecule has 5 rings (SSSR count). The second-order valence-electron chi connectivity index (χ2n) is 7.36. The third kappa shape index (κ3) is 3.23. The van der Waals surface area contributed by atoms with E-state index in [-0.39, 0.29) is 17.8 Å². The molecule has 2 aromatic carbocycles. The van der Waals surface area contributed by atoms with Gasteiger partial charge in [-0.15, -0.1) is 0 Å². The van der Waals surface area contributed by atoms with Crippen LogP contribution in [0.25, 0.3) is 21.9 Å². The number of anilines is 1. The number of halogens is 1. The van der Waals surface area contributed by atoms with Gasteiger partial charge >= 0.3 is 11.7 Å². The van der Waals surface area contributed by atoms with Gasteiger partial charge in [0.25, 0.3) is 0 Å². The van der Waals surface area contributed by atoms with E-state index >= 15 is 0 Å². The molecule has 148 valence electrons. The zero-order chi connectivity index (χ0) is 20.0. The fourth-order valence-corrected chi connectivity index (χ4v) is 4.59. The largest absolute Gasteiger partial charge is 0.361 e. The molecule has 1 saturated heterocycles. The average Bonchev–Trinajstić information content (AvgIpc) is 3.32. The number of para-hydroxylation sites is 1. The molecule has 0 atom stereocenters. The van der Waals surface area contributed by atoms with Gasteiger partial charge in [0, 0.05) is 41.0 Å². The summed E-state index contributed by atoms with van der Waals surface area (Å²) in [5.41, 5.74) is 3.37. The van der Waals surface area contributed by atoms with Crippen molar-refractivity contribution in [2.75, 3.05) is 18.4 Å². The van der Waals surface area contributed by atoms with Crippen LogP contribution in [0.3, 0.4) is 0 Å². The number of amides is 2. The SMILES string of the molecule is O=C(Nc1ccc2cc[nH]c2c1)N1CCC(n2c(=O)[nH]c3c(Br)cccc32)CC1. The van der Waals surface area contributed by atoms with Crippen LogP contribution in [-0.4, -0.2) is 38.6 Å². The van der Waals surface area contributed by atoms with E-state index in [1.165, 1.54) is 0 Å². The Labute approximate surface area is 174 Å². The van der Waals surface area contributed by atoms with Gasteiger partial charge in [-0.05, 0) is 64.5 Å². The number of hydrogen-bond acceptors (Lipinski definition) is 2. The summed E-state index contributed by atoms with van der Waals surface area (Å²) in [4.78, 5) is 33.1. The first-order valence-electron chi connectivity index (χ1n) is 9.62. The molecule has 2 amide bonds. The number of urea groups is 1. The lowest BCUT2D eigenvalue weighted by molar-refractivity contribution is 0.184. The Morgan fingerprint density at radius 1 is 1.14 bits per heavy atom. The molecule has 2 aromatic heterocycles. The minimum atomic E-state index is -0.108. The van der Waals surface area contributed by atoms with Crippen molar-refractivity contribution in [2.24, 2.45) is 0 Å². The zero-order valence-corrected chi connectivity index (χ0v) is 17.2. The maximum Gasteiger partial charge on any atom is 0.326 e. The van der Waals surface area contributed by atoms with Crippen molar-refractivity contribution < 1.29 is 4.79 Å². The molecule has 0 bridgehead atoms. The Hall–Kier alpha value is -3.00. The van der Waals surface area contributed by atoms with E-state index in [0.29, 0.717) is 13.1 Å². The highest BCUT2D eigenvalue weighted by Gasteiger charge is 2.26. The number of likely N-dealkylation sites (tertiary alicyclic amines) is 1. The summed E-state index contributed by atoms with van der Waals surface area (Å²) >= 11 is 3.49. The number of benzene rings is 2. The summed E-state index contributed by atoms with van der Waals surface area (Å²) in [5, 5.41) is 4.09. The Morgan fingerprint density at radius 3 is 2.79 bits per heavy atom. The van der Waals surface area contributed by atoms with Gasteiger partial charge in [-0.2, -0.15) is 0 Å². The van der Waals surface area contributed by atoms with Crippen LogP contribution >= 0.6 is 15.9 Å². The van der Waals surface area contributed by atoms with Crippen LogP contribution < -0.4 is 11.0 Å². The Balaban J connectivity index is 1.29. The first-order chi connectivity index (χ1) is 14.1. The summed E-state index contributed by atoms with van der Waals surface area (Å²) in [6.45, 7) is 1.21. The molecule has 1 fully saturated rings. The normalized spacial score (nSPS) is 15.3. The van der Waals surface area contributed by atoms with E-state index < -0.39 is 0 Å². The van der Waals surface area contributed by atoms with Crippen molar-refractivity contribution in [1.29, 1.82) is 0 Å². The molecule has 0 saturated carbocycles. The fraction of sp³-hybridized carbons (Fsp3) is 0.238. The van der Waals surface area contributed by atoms with E-state index in [0.717, 1.165) is 44.9 Å². The topological polar surface area (TPSA) is 85.9 Å². The third-order valence-corrected chi connectivity index (χ3v) is 6.29. The molecule has 0 spiro atoms. The summed E-state index contributed by atoms with van der Waals surface area (Å²) in [7, 11) is 0. The van der Waals surface area contributed by atoms with Gasteiger partial charge in [0.1, 0.15) is 0 Å². The van der Waals surface area contributed by atoms with Gasteiger partial charge in [-0.25, -0.2) is 9.59 Å². The maximum absolute atomic E-state index is 12.7. The summed E-state index contributed by atoms with van der Waals surface area (Å²) in [6, 6.07) is 13.6. The Morgan fingerprint density at radius 2 is 1.97 bits per heavy atom. The molecule has 0 unspecified atom stereocenters. The van der Waals surface area contributed by atoms with Crippen molar-refractivity contribution >= 4 is 49.6 Å². The lowest BCUT2D eigenvalue weighted by Gasteiger charge is -2.32. The van der Waals surface area contributed by atoms with E-state index in [9.17, 15) is 9.59 Å². The van der Waals surface area contributed by atoms with E-state index in [2.05, 4.69) is 31.2 Å². The van der Waals surface area contributed by atoms with Crippen LogP contribution in [0.15, 0.2) is 57.9 Å². The maximum atomic E-state index is 12.7. The van der Waals surface area contributed by atoms with Crippen molar-refractivity contribution in [1.82, 2.24) is 19.4 Å². The predicted molar refractivity (Wildman–Crippen MR) is 117 cm³/mol. The van der Waals surface area contributed by atoms with Crippen LogP contribution in [-0.2, 0) is 0 Å². The summed E-state index contributed by atoms with van der Waals surface area (Å²) < 4.78 is 2.70. The molecule has 1 aliphatic heterocycles. The van der Waals surface area contributed by atoms with Crippen molar-refractivity contribution in [3.05, 3.63) is 63.6 Å². The van der Waals surface area contributed by atoms with E-state index in [4.69, 9.17) is 0 Å². The van der Waals surface area contributed by atoms with Gasteiger partial charge in [0.05, 0.1) is 11.0 Å². The van der Waals surface area contributed by atoms with Gasteiger partial charge in [-0.1, -0.05) is 12.1 Å². The highest BCUT2D eigenvalue weighted by Crippen LogP contribution is 2.28. The number of nitrogens with zero attached hydrogens (tertiary/aromatic N) is 2. The summed E-state index contributed by atoms with van der Waals surface area (Å²) in [5.74, 6) is 0. The van der Waals surface area contributed by atoms with Crippen molar-refractivity contribution in [3.8, 4) is 0 Å². The number of H-pyrrole nitrogens is 2. The highest BCUT2D eigenvalue weighted by atomic mass is 79.9. The standard InChI is InChI=1S/C21H20BrN5O2/c22-16-2-1-3-18-19(16)25-21(29)27(18)15-7-10-26(11-8-15)20(28)24-14-5-4-13-6-9-23-17(13)12-14/h1-6,9,12,15,23H,7-8,10-11H2,(H,24,28)(H,25,29). The van der Waals surface area contributed by atoms with Gasteiger partial charge in [0.2, 0.25) is 0 Å². The molecule has 8 heteroatoms. The Bertz CT molecular complexity index is 1260. The minimum Gasteiger partial charge on any atom is -0.361 e. The molecule has 29 heavy (non-hydrogen) atoms. The lowest BCUT2D eigenvalue weighted by atomic mass is 10.0. The second kappa shape index (κ2) is 7.11. The molecule has 4 aromatic rings. The zero-order valence-electron chi connectivity index (χ0n) is 15.6. The molecule has 1 aliphatic rings. The second-order valence-corrected chi connectivity index (χ2v) is 8.22. The van der Waals surface area contributed by atoms with Crippen LogP contribution in [0.4, 0.5) is 10.5 Å². The number of aromatic amines is 2. The first-order valence-corrected chi connectivity index (χ1v) is 10.4. The molecular weight excluding hydrogens is 434 g/mol. The van der Waals surface area contributed by atoms with Crippen LogP contribution in [0.5, 0.6) is 0 Å². The first kappa shape index (κ1) is 18.1. The number of piperidine rings is 1. The monoisotopic (exact) mass is 453 g/mol. The number of carbonyl (C=O) groups is 1. The fourth-order valence-electron chi connectivity index (χ4n) is 4.13. The minimum absolute atomic E-state index is 0.0740. The summed E-state index contributed by atoms with van der Waals surface area (Å²) in [6.07, 6.45) is 3.36. The molecule has 3 heterocycles. The predicted octanol–water partition coefficient (Wildman–Crippen LogP) is 4.44. The quantitative estimate of drug-likeness (QED) is 0.418. The van der Waals surface area contributed by atoms with Crippen molar-refractivity contribution in [3.63, 3.8) is 0 Å². The molecule has 7 nitrogen and oxygen atoms in total. The van der Waals surface area contributed by atoms with Gasteiger partial charge in [0.15, 0.2) is 0 Å². The van der Waals surface area contributed by atoms with E-state index in [1.807, 2.05) is 58.1 Å². The third-order valence-electron chi connectivity index (χ3n) is 5.63. The van der Waals surface area contributed by atoms with Crippen molar-refractivity contribution in [2.45, 2.75) is 18.9 Å². The van der Waals surface area contributed by atoms with E-state index in [1.54, 1.807) is 0 Å². The molecular formula is C21H20BrN5O2. The number of rotatable bonds is 2. The number of fused-ring (bicyclic) bond motifs is 2. The lowest BCUT2D eigenvalue weighted by Crippen LogP contribution is -2.42. The number of imidazole rings is 1.